The molecule has 0 spiro atoms. The predicted octanol–water partition coefficient (Wildman–Crippen LogP) is 1.45. The van der Waals surface area contributed by atoms with E-state index in [1.54, 1.807) is 6.92 Å². The summed E-state index contributed by atoms with van der Waals surface area (Å²) in [4.78, 5) is 28.6. The van der Waals surface area contributed by atoms with Gasteiger partial charge in [0, 0.05) is 30.6 Å². The van der Waals surface area contributed by atoms with Gasteiger partial charge in [-0.1, -0.05) is 24.4 Å². The van der Waals surface area contributed by atoms with E-state index in [4.69, 9.17) is 16.2 Å². The summed E-state index contributed by atoms with van der Waals surface area (Å²) < 4.78 is 32.0. The maximum atomic E-state index is 14.0. The van der Waals surface area contributed by atoms with Crippen molar-refractivity contribution in [2.45, 2.75) is 119 Å². The van der Waals surface area contributed by atoms with Gasteiger partial charge in [-0.2, -0.15) is 0 Å². The molecule has 1 aliphatic heterocycles. The number of nitrogens with zero attached hydrogens (tertiary/aromatic N) is 2. The summed E-state index contributed by atoms with van der Waals surface area (Å²) in [5.41, 5.74) is 12.1. The monoisotopic (exact) mass is 584 g/mol. The number of oxime groups is 1. The zero-order chi connectivity index (χ0) is 28.9. The number of amides is 2. The molecule has 13 heteroatoms. The topological polar surface area (TPSA) is 189 Å². The Balaban J connectivity index is 1.61. The molecular formula is C27H48N6O6S. The maximum Gasteiger partial charge on any atom is 0.407 e. The molecule has 7 N–H and O–H groups in total. The minimum absolute atomic E-state index is 0.0177. The lowest BCUT2D eigenvalue weighted by molar-refractivity contribution is -0.127. The highest BCUT2D eigenvalue weighted by molar-refractivity contribution is 7.92. The number of carbonyl (C=O) groups is 2. The minimum Gasteiger partial charge on any atom is -0.450 e. The van der Waals surface area contributed by atoms with Crippen molar-refractivity contribution in [3.8, 4) is 0 Å². The Kier molecular flexibility index (Phi) is 10.6. The maximum absolute atomic E-state index is 14.0. The van der Waals surface area contributed by atoms with Crippen molar-refractivity contribution in [3.63, 3.8) is 0 Å². The molecule has 228 valence electrons. The van der Waals surface area contributed by atoms with Gasteiger partial charge in [0.1, 0.15) is 11.9 Å². The van der Waals surface area contributed by atoms with Gasteiger partial charge in [-0.15, -0.1) is 0 Å². The first-order valence-corrected chi connectivity index (χ1v) is 16.8. The third kappa shape index (κ3) is 7.20. The lowest BCUT2D eigenvalue weighted by Gasteiger charge is -2.37. The average molecular weight is 585 g/mol. The molecule has 12 nitrogen and oxygen atoms in total. The van der Waals surface area contributed by atoms with Crippen molar-refractivity contribution in [3.05, 3.63) is 0 Å². The minimum atomic E-state index is -3.36. The third-order valence-corrected chi connectivity index (χ3v) is 11.9. The van der Waals surface area contributed by atoms with Gasteiger partial charge in [0.15, 0.2) is 9.84 Å². The van der Waals surface area contributed by atoms with Crippen molar-refractivity contribution in [1.29, 1.82) is 0 Å². The number of nitrogens with one attached hydrogen (secondary N) is 2. The number of alkyl carbamates (subject to hydrolysis) is 1. The number of nitrogens with two attached hydrogens (primary N) is 2. The molecule has 4 rings (SSSR count). The summed E-state index contributed by atoms with van der Waals surface area (Å²) in [6, 6.07) is -1.42. The van der Waals surface area contributed by atoms with Crippen LogP contribution in [0.15, 0.2) is 5.16 Å². The number of ether oxygens (including phenoxy) is 1. The van der Waals surface area contributed by atoms with E-state index in [1.165, 1.54) is 0 Å². The van der Waals surface area contributed by atoms with Crippen molar-refractivity contribution in [2.24, 2.45) is 28.5 Å². The van der Waals surface area contributed by atoms with Crippen LogP contribution in [0, 0.1) is 11.8 Å². The van der Waals surface area contributed by atoms with Crippen molar-refractivity contribution in [1.82, 2.24) is 15.5 Å². The van der Waals surface area contributed by atoms with Gasteiger partial charge >= 0.3 is 6.09 Å². The summed E-state index contributed by atoms with van der Waals surface area (Å²) in [6.07, 6.45) is 8.67. The van der Waals surface area contributed by atoms with Crippen molar-refractivity contribution >= 4 is 27.7 Å². The second kappa shape index (κ2) is 13.7. The lowest BCUT2D eigenvalue weighted by Crippen LogP contribution is -2.57. The predicted molar refractivity (Wildman–Crippen MR) is 152 cm³/mol. The van der Waals surface area contributed by atoms with Crippen LogP contribution in [0.5, 0.6) is 0 Å². The summed E-state index contributed by atoms with van der Waals surface area (Å²) in [5.74, 6) is -0.446. The second-order valence-corrected chi connectivity index (χ2v) is 14.5. The third-order valence-electron chi connectivity index (χ3n) is 9.63. The molecule has 2 amide bonds. The average Bonchev–Trinajstić information content (AvgIpc) is 3.25. The van der Waals surface area contributed by atoms with Crippen LogP contribution in [-0.4, -0.2) is 90.7 Å². The number of amidine groups is 1. The van der Waals surface area contributed by atoms with Crippen molar-refractivity contribution in [2.75, 3.05) is 18.9 Å². The fourth-order valence-corrected chi connectivity index (χ4v) is 9.30. The summed E-state index contributed by atoms with van der Waals surface area (Å²) in [7, 11) is -3.36. The zero-order valence-electron chi connectivity index (χ0n) is 23.7. The molecule has 1 saturated heterocycles. The van der Waals surface area contributed by atoms with Crippen LogP contribution < -0.4 is 22.1 Å². The Morgan fingerprint density at radius 1 is 1.02 bits per heavy atom. The van der Waals surface area contributed by atoms with E-state index in [9.17, 15) is 23.2 Å². The normalized spacial score (nSPS) is 34.1. The highest BCUT2D eigenvalue weighted by atomic mass is 32.2. The number of carbonyl (C=O) groups excluding carboxylic acids is 2. The molecule has 0 aromatic rings. The summed E-state index contributed by atoms with van der Waals surface area (Å²) in [5, 5.41) is 18.4. The van der Waals surface area contributed by atoms with Gasteiger partial charge in [-0.3, -0.25) is 9.69 Å². The number of rotatable bonds is 9. The molecule has 5 atom stereocenters. The van der Waals surface area contributed by atoms with Crippen molar-refractivity contribution < 1.29 is 28.0 Å². The number of fused-ring (bicyclic) bond motifs is 1. The Hall–Kier alpha value is -2.12. The number of likely N-dealkylation sites (tertiary alicyclic amines) is 1. The first kappa shape index (κ1) is 30.8. The first-order valence-electron chi connectivity index (χ1n) is 15.1. The van der Waals surface area contributed by atoms with Crippen LogP contribution >= 0.6 is 0 Å². The van der Waals surface area contributed by atoms with Crippen LogP contribution in [0.4, 0.5) is 4.79 Å². The van der Waals surface area contributed by atoms with Crippen LogP contribution in [0.25, 0.3) is 0 Å². The van der Waals surface area contributed by atoms with Crippen LogP contribution in [-0.2, 0) is 19.4 Å². The number of hydrogen-bond donors (Lipinski definition) is 5. The second-order valence-electron chi connectivity index (χ2n) is 12.1. The molecule has 3 saturated carbocycles. The molecule has 0 bridgehead atoms. The largest absolute Gasteiger partial charge is 0.450 e. The Labute approximate surface area is 237 Å². The Morgan fingerprint density at radius 2 is 1.73 bits per heavy atom. The summed E-state index contributed by atoms with van der Waals surface area (Å²) >= 11 is 0. The van der Waals surface area contributed by atoms with E-state index in [-0.39, 0.29) is 65.9 Å². The van der Waals surface area contributed by atoms with Gasteiger partial charge in [0.25, 0.3) is 0 Å². The summed E-state index contributed by atoms with van der Waals surface area (Å²) in [6.45, 7) is 2.10. The van der Waals surface area contributed by atoms with E-state index < -0.39 is 28.0 Å². The van der Waals surface area contributed by atoms with E-state index in [1.807, 2.05) is 4.90 Å². The van der Waals surface area contributed by atoms with Gasteiger partial charge in [-0.25, -0.2) is 13.2 Å². The molecule has 40 heavy (non-hydrogen) atoms. The molecule has 0 aromatic carbocycles. The Morgan fingerprint density at radius 3 is 2.38 bits per heavy atom. The molecule has 1 heterocycles. The molecule has 4 fully saturated rings. The molecule has 0 aromatic heterocycles. The highest BCUT2D eigenvalue weighted by Gasteiger charge is 2.55. The highest BCUT2D eigenvalue weighted by Crippen LogP contribution is 2.43. The first-order chi connectivity index (χ1) is 19.1. The number of hydrogen-bond acceptors (Lipinski definition) is 9. The van der Waals surface area contributed by atoms with Gasteiger partial charge < -0.3 is 32.0 Å². The zero-order valence-corrected chi connectivity index (χ0v) is 24.5. The van der Waals surface area contributed by atoms with Crippen LogP contribution in [0.3, 0.4) is 0 Å². The molecule has 0 radical (unpaired) electrons. The van der Waals surface area contributed by atoms with Crippen LogP contribution in [0.2, 0.25) is 0 Å². The molecule has 5 unspecified atom stereocenters. The van der Waals surface area contributed by atoms with Gasteiger partial charge in [0.05, 0.1) is 23.7 Å². The smallest absolute Gasteiger partial charge is 0.407 e. The van der Waals surface area contributed by atoms with E-state index in [0.29, 0.717) is 32.1 Å². The standard InChI is InChI=1S/C27H48N6O6S/c1-2-39-27(35)31-23-21-13-8-17(25(29)32-36)16-22(21)33(14-15-40(37,38)20-6-4-3-5-7-20)24(23)26(34)30-19-11-9-18(28)10-12-19/h17-24,36H,2-16,28H2,1H3,(H2,29,32)(H,30,34)(H,31,35). The SMILES string of the molecule is CCOC(=O)NC1C2CCC(/C(N)=N/O)CC2N(CCS(=O)(=O)C2CCCCC2)C1C(=O)NC1CCC(N)CC1. The molecule has 3 aliphatic carbocycles. The molecular weight excluding hydrogens is 536 g/mol. The van der Waals surface area contributed by atoms with E-state index >= 15 is 0 Å². The lowest BCUT2D eigenvalue weighted by atomic mass is 9.76. The van der Waals surface area contributed by atoms with E-state index in [2.05, 4.69) is 15.8 Å². The quantitative estimate of drug-likeness (QED) is 0.116. The Bertz CT molecular complexity index is 1010. The van der Waals surface area contributed by atoms with Gasteiger partial charge in [-0.05, 0) is 70.6 Å². The number of sulfone groups is 1. The van der Waals surface area contributed by atoms with Gasteiger partial charge in [0.2, 0.25) is 5.91 Å². The molecule has 4 aliphatic rings. The van der Waals surface area contributed by atoms with E-state index in [0.717, 1.165) is 44.9 Å². The fourth-order valence-electron chi connectivity index (χ4n) is 7.45. The van der Waals surface area contributed by atoms with Crippen LogP contribution in [0.1, 0.15) is 84.0 Å². The fraction of sp³-hybridized carbons (Fsp3) is 0.889.